The Balaban J connectivity index is 2.21. The van der Waals surface area contributed by atoms with E-state index in [1.54, 1.807) is 5.51 Å². The van der Waals surface area contributed by atoms with Crippen molar-refractivity contribution in [1.82, 2.24) is 15.0 Å². The van der Waals surface area contributed by atoms with E-state index in [4.69, 9.17) is 5.84 Å². The molecular formula is C14H13N5S. The van der Waals surface area contributed by atoms with Gasteiger partial charge >= 0.3 is 0 Å². The van der Waals surface area contributed by atoms with Crippen LogP contribution in [0.25, 0.3) is 22.8 Å². The molecule has 0 spiro atoms. The summed E-state index contributed by atoms with van der Waals surface area (Å²) < 4.78 is 0. The normalized spacial score (nSPS) is 10.5. The van der Waals surface area contributed by atoms with Crippen LogP contribution in [0.15, 0.2) is 41.2 Å². The summed E-state index contributed by atoms with van der Waals surface area (Å²) in [5.74, 6) is 6.75. The zero-order chi connectivity index (χ0) is 13.9. The van der Waals surface area contributed by atoms with Crippen LogP contribution in [0.3, 0.4) is 0 Å². The molecule has 2 aromatic heterocycles. The molecule has 0 unspecified atom stereocenters. The van der Waals surface area contributed by atoms with Crippen LogP contribution in [0, 0.1) is 6.92 Å². The Bertz CT molecular complexity index is 710. The number of nitrogens with two attached hydrogens (primary N) is 1. The average molecular weight is 283 g/mol. The number of nitrogen functional groups attached to an aromatic ring is 1. The van der Waals surface area contributed by atoms with Crippen LogP contribution in [-0.2, 0) is 0 Å². The number of nitrogens with zero attached hydrogens (tertiary/aromatic N) is 3. The summed E-state index contributed by atoms with van der Waals surface area (Å²) in [5.41, 5.74) is 7.95. The molecular weight excluding hydrogens is 270 g/mol. The first kappa shape index (κ1) is 12.7. The molecule has 100 valence electrons. The number of benzene rings is 1. The van der Waals surface area contributed by atoms with Gasteiger partial charge in [-0.05, 0) is 6.92 Å². The zero-order valence-electron chi connectivity index (χ0n) is 10.9. The third-order valence-electron chi connectivity index (χ3n) is 2.99. The van der Waals surface area contributed by atoms with Gasteiger partial charge in [-0.3, -0.25) is 0 Å². The second-order valence-corrected chi connectivity index (χ2v) is 4.97. The predicted molar refractivity (Wildman–Crippen MR) is 81.1 cm³/mol. The minimum Gasteiger partial charge on any atom is -0.308 e. The molecule has 0 fully saturated rings. The molecule has 2 heterocycles. The van der Waals surface area contributed by atoms with E-state index in [1.807, 2.05) is 42.6 Å². The maximum atomic E-state index is 5.56. The Morgan fingerprint density at radius 1 is 1.15 bits per heavy atom. The van der Waals surface area contributed by atoms with Crippen LogP contribution >= 0.6 is 11.3 Å². The SMILES string of the molecule is Cc1c(NN)nc(-c2cscn2)nc1-c1ccccc1. The van der Waals surface area contributed by atoms with E-state index in [1.165, 1.54) is 11.3 Å². The number of aromatic nitrogens is 3. The number of nitrogens with one attached hydrogen (secondary N) is 1. The first-order chi connectivity index (χ1) is 9.79. The summed E-state index contributed by atoms with van der Waals surface area (Å²) in [6, 6.07) is 9.97. The first-order valence-corrected chi connectivity index (χ1v) is 7.03. The number of thiazole rings is 1. The molecule has 0 bridgehead atoms. The van der Waals surface area contributed by atoms with Crippen molar-refractivity contribution in [3.8, 4) is 22.8 Å². The summed E-state index contributed by atoms with van der Waals surface area (Å²) in [6.07, 6.45) is 0. The number of hydrazine groups is 1. The number of anilines is 1. The molecule has 0 radical (unpaired) electrons. The van der Waals surface area contributed by atoms with E-state index in [2.05, 4.69) is 20.4 Å². The lowest BCUT2D eigenvalue weighted by molar-refractivity contribution is 1.10. The quantitative estimate of drug-likeness (QED) is 0.571. The zero-order valence-corrected chi connectivity index (χ0v) is 11.7. The van der Waals surface area contributed by atoms with Crippen molar-refractivity contribution in [1.29, 1.82) is 0 Å². The topological polar surface area (TPSA) is 76.7 Å². The van der Waals surface area contributed by atoms with Gasteiger partial charge in [0.05, 0.1) is 11.2 Å². The number of hydrogen-bond donors (Lipinski definition) is 2. The lowest BCUT2D eigenvalue weighted by atomic mass is 10.1. The first-order valence-electron chi connectivity index (χ1n) is 6.09. The summed E-state index contributed by atoms with van der Waals surface area (Å²) in [6.45, 7) is 1.95. The van der Waals surface area contributed by atoms with Gasteiger partial charge in [0.25, 0.3) is 0 Å². The van der Waals surface area contributed by atoms with E-state index in [0.717, 1.165) is 22.5 Å². The average Bonchev–Trinajstić information content (AvgIpc) is 3.03. The molecule has 3 aromatic rings. The van der Waals surface area contributed by atoms with Gasteiger partial charge < -0.3 is 5.43 Å². The standard InChI is InChI=1S/C14H13N5S/c1-9-12(10-5-3-2-4-6-10)17-14(18-13(9)19-15)11-7-20-8-16-11/h2-8H,15H2,1H3,(H,17,18,19). The highest BCUT2D eigenvalue weighted by Gasteiger charge is 2.13. The predicted octanol–water partition coefficient (Wildman–Crippen LogP) is 2.86. The van der Waals surface area contributed by atoms with Gasteiger partial charge in [0.1, 0.15) is 11.5 Å². The van der Waals surface area contributed by atoms with Crippen LogP contribution < -0.4 is 11.3 Å². The van der Waals surface area contributed by atoms with Gasteiger partial charge in [0, 0.05) is 16.5 Å². The summed E-state index contributed by atoms with van der Waals surface area (Å²) in [7, 11) is 0. The van der Waals surface area contributed by atoms with Crippen molar-refractivity contribution in [2.75, 3.05) is 5.43 Å². The third-order valence-corrected chi connectivity index (χ3v) is 3.58. The van der Waals surface area contributed by atoms with E-state index in [9.17, 15) is 0 Å². The molecule has 0 atom stereocenters. The molecule has 0 aliphatic heterocycles. The van der Waals surface area contributed by atoms with E-state index >= 15 is 0 Å². The molecule has 0 aliphatic carbocycles. The molecule has 20 heavy (non-hydrogen) atoms. The Morgan fingerprint density at radius 3 is 2.60 bits per heavy atom. The fourth-order valence-electron chi connectivity index (χ4n) is 1.97. The number of hydrogen-bond acceptors (Lipinski definition) is 6. The Hall–Kier alpha value is -2.31. The molecule has 0 saturated carbocycles. The number of rotatable bonds is 3. The molecule has 3 rings (SSSR count). The molecule has 6 heteroatoms. The van der Waals surface area contributed by atoms with Crippen LogP contribution in [0.2, 0.25) is 0 Å². The monoisotopic (exact) mass is 283 g/mol. The second kappa shape index (κ2) is 5.36. The Morgan fingerprint density at radius 2 is 1.95 bits per heavy atom. The largest absolute Gasteiger partial charge is 0.308 e. The lowest BCUT2D eigenvalue weighted by Crippen LogP contribution is -2.12. The van der Waals surface area contributed by atoms with Crippen LogP contribution in [0.5, 0.6) is 0 Å². The molecule has 0 aliphatic rings. The van der Waals surface area contributed by atoms with Crippen LogP contribution in [0.4, 0.5) is 5.82 Å². The highest BCUT2D eigenvalue weighted by Crippen LogP contribution is 2.28. The van der Waals surface area contributed by atoms with Crippen molar-refractivity contribution in [3.63, 3.8) is 0 Å². The Kier molecular flexibility index (Phi) is 3.41. The molecule has 5 nitrogen and oxygen atoms in total. The summed E-state index contributed by atoms with van der Waals surface area (Å²) in [5, 5.41) is 1.92. The molecule has 3 N–H and O–H groups in total. The Labute approximate surface area is 120 Å². The minimum absolute atomic E-state index is 0.573. The van der Waals surface area contributed by atoms with Crippen molar-refractivity contribution < 1.29 is 0 Å². The van der Waals surface area contributed by atoms with E-state index in [-0.39, 0.29) is 0 Å². The van der Waals surface area contributed by atoms with Gasteiger partial charge in [-0.25, -0.2) is 20.8 Å². The smallest absolute Gasteiger partial charge is 0.181 e. The summed E-state index contributed by atoms with van der Waals surface area (Å²) in [4.78, 5) is 13.3. The van der Waals surface area contributed by atoms with Crippen LogP contribution in [-0.4, -0.2) is 15.0 Å². The molecule has 0 amide bonds. The van der Waals surface area contributed by atoms with Gasteiger partial charge in [0.2, 0.25) is 0 Å². The molecule has 1 aromatic carbocycles. The van der Waals surface area contributed by atoms with Gasteiger partial charge in [-0.2, -0.15) is 0 Å². The maximum absolute atomic E-state index is 5.56. The van der Waals surface area contributed by atoms with E-state index < -0.39 is 0 Å². The summed E-state index contributed by atoms with van der Waals surface area (Å²) >= 11 is 1.51. The highest BCUT2D eigenvalue weighted by atomic mass is 32.1. The second-order valence-electron chi connectivity index (χ2n) is 4.25. The van der Waals surface area contributed by atoms with Gasteiger partial charge in [0.15, 0.2) is 5.82 Å². The third kappa shape index (κ3) is 2.26. The fourth-order valence-corrected chi connectivity index (χ4v) is 2.50. The van der Waals surface area contributed by atoms with Crippen LogP contribution in [0.1, 0.15) is 5.56 Å². The van der Waals surface area contributed by atoms with Crippen molar-refractivity contribution in [2.24, 2.45) is 5.84 Å². The molecule has 0 saturated heterocycles. The van der Waals surface area contributed by atoms with Gasteiger partial charge in [-0.15, -0.1) is 11.3 Å². The maximum Gasteiger partial charge on any atom is 0.181 e. The highest BCUT2D eigenvalue weighted by molar-refractivity contribution is 7.07. The van der Waals surface area contributed by atoms with Crippen molar-refractivity contribution >= 4 is 17.2 Å². The van der Waals surface area contributed by atoms with Crippen molar-refractivity contribution in [3.05, 3.63) is 46.8 Å². The fraction of sp³-hybridized carbons (Fsp3) is 0.0714. The lowest BCUT2D eigenvalue weighted by Gasteiger charge is -2.11. The van der Waals surface area contributed by atoms with Gasteiger partial charge in [-0.1, -0.05) is 30.3 Å². The minimum atomic E-state index is 0.573. The van der Waals surface area contributed by atoms with E-state index in [0.29, 0.717) is 11.6 Å². The van der Waals surface area contributed by atoms with Crippen molar-refractivity contribution in [2.45, 2.75) is 6.92 Å².